The van der Waals surface area contributed by atoms with E-state index in [1.807, 2.05) is 42.8 Å². The molecule has 0 aliphatic rings. The average Bonchev–Trinajstić information content (AvgIpc) is 2.53. The largest absolute Gasteiger partial charge is 0.396 e. The van der Waals surface area contributed by atoms with Crippen molar-refractivity contribution in [2.24, 2.45) is 0 Å². The Balaban J connectivity index is 2.34. The SMILES string of the molecule is Cc1ccc(C)n1Nc1ncccc1N. The van der Waals surface area contributed by atoms with E-state index in [-0.39, 0.29) is 0 Å². The van der Waals surface area contributed by atoms with E-state index in [9.17, 15) is 0 Å². The fourth-order valence-corrected chi connectivity index (χ4v) is 1.46. The van der Waals surface area contributed by atoms with E-state index in [0.29, 0.717) is 11.5 Å². The summed E-state index contributed by atoms with van der Waals surface area (Å²) in [5.41, 5.74) is 11.9. The summed E-state index contributed by atoms with van der Waals surface area (Å²) in [6.45, 7) is 4.05. The van der Waals surface area contributed by atoms with Gasteiger partial charge in [0.1, 0.15) is 0 Å². The number of pyridine rings is 1. The first-order valence-electron chi connectivity index (χ1n) is 4.81. The van der Waals surface area contributed by atoms with Gasteiger partial charge in [-0.2, -0.15) is 0 Å². The topological polar surface area (TPSA) is 55.9 Å². The zero-order valence-corrected chi connectivity index (χ0v) is 8.86. The van der Waals surface area contributed by atoms with Gasteiger partial charge in [-0.05, 0) is 38.1 Å². The van der Waals surface area contributed by atoms with Crippen molar-refractivity contribution >= 4 is 11.5 Å². The zero-order valence-electron chi connectivity index (χ0n) is 8.86. The van der Waals surface area contributed by atoms with Crippen molar-refractivity contribution in [2.75, 3.05) is 11.2 Å². The van der Waals surface area contributed by atoms with Gasteiger partial charge < -0.3 is 5.73 Å². The Morgan fingerprint density at radius 1 is 1.20 bits per heavy atom. The highest BCUT2D eigenvalue weighted by Crippen LogP contribution is 2.15. The third kappa shape index (κ3) is 1.79. The second-order valence-corrected chi connectivity index (χ2v) is 3.50. The lowest BCUT2D eigenvalue weighted by atomic mass is 10.4. The second-order valence-electron chi connectivity index (χ2n) is 3.50. The Kier molecular flexibility index (Phi) is 2.33. The molecule has 0 amide bonds. The van der Waals surface area contributed by atoms with Crippen LogP contribution in [0.2, 0.25) is 0 Å². The molecule has 0 saturated carbocycles. The lowest BCUT2D eigenvalue weighted by Gasteiger charge is -2.12. The molecule has 0 fully saturated rings. The molecule has 0 saturated heterocycles. The Morgan fingerprint density at radius 2 is 1.87 bits per heavy atom. The highest BCUT2D eigenvalue weighted by molar-refractivity contribution is 5.60. The number of anilines is 2. The number of hydrogen-bond donors (Lipinski definition) is 2. The van der Waals surface area contributed by atoms with Crippen molar-refractivity contribution in [3.63, 3.8) is 0 Å². The highest BCUT2D eigenvalue weighted by Gasteiger charge is 2.03. The van der Waals surface area contributed by atoms with E-state index in [1.165, 1.54) is 0 Å². The number of nitrogens with one attached hydrogen (secondary N) is 1. The van der Waals surface area contributed by atoms with Crippen LogP contribution < -0.4 is 11.2 Å². The molecule has 0 atom stereocenters. The van der Waals surface area contributed by atoms with Gasteiger partial charge in [-0.15, -0.1) is 0 Å². The van der Waals surface area contributed by atoms with Crippen LogP contribution in [0.5, 0.6) is 0 Å². The molecular weight excluding hydrogens is 188 g/mol. The number of aromatic nitrogens is 2. The van der Waals surface area contributed by atoms with E-state index in [0.717, 1.165) is 11.4 Å². The fraction of sp³-hybridized carbons (Fsp3) is 0.182. The normalized spacial score (nSPS) is 10.3. The van der Waals surface area contributed by atoms with Crippen LogP contribution in [0.15, 0.2) is 30.5 Å². The average molecular weight is 202 g/mol. The van der Waals surface area contributed by atoms with Crippen LogP contribution in [0.25, 0.3) is 0 Å². The molecule has 0 radical (unpaired) electrons. The minimum atomic E-state index is 0.644. The number of aryl methyl sites for hydroxylation is 2. The van der Waals surface area contributed by atoms with Gasteiger partial charge in [0.25, 0.3) is 0 Å². The molecule has 0 bridgehead atoms. The highest BCUT2D eigenvalue weighted by atomic mass is 15.4. The van der Waals surface area contributed by atoms with Crippen LogP contribution in [-0.2, 0) is 0 Å². The van der Waals surface area contributed by atoms with Crippen molar-refractivity contribution in [1.82, 2.24) is 9.66 Å². The molecule has 3 N–H and O–H groups in total. The van der Waals surface area contributed by atoms with E-state index in [4.69, 9.17) is 5.73 Å². The second kappa shape index (κ2) is 3.65. The van der Waals surface area contributed by atoms with Crippen LogP contribution in [0.4, 0.5) is 11.5 Å². The number of rotatable bonds is 2. The standard InChI is InChI=1S/C11H14N4/c1-8-5-6-9(2)15(8)14-11-10(12)4-3-7-13-11/h3-7H,12H2,1-2H3,(H,13,14). The van der Waals surface area contributed by atoms with Crippen molar-refractivity contribution in [1.29, 1.82) is 0 Å². The molecular formula is C11H14N4. The van der Waals surface area contributed by atoms with E-state index < -0.39 is 0 Å². The first-order valence-corrected chi connectivity index (χ1v) is 4.81. The molecule has 0 spiro atoms. The van der Waals surface area contributed by atoms with Crippen molar-refractivity contribution in [3.05, 3.63) is 41.9 Å². The molecule has 4 heteroatoms. The minimum Gasteiger partial charge on any atom is -0.396 e. The summed E-state index contributed by atoms with van der Waals surface area (Å²) in [6, 6.07) is 7.72. The van der Waals surface area contributed by atoms with Gasteiger partial charge in [0.05, 0.1) is 5.69 Å². The van der Waals surface area contributed by atoms with Crippen molar-refractivity contribution < 1.29 is 0 Å². The summed E-state index contributed by atoms with van der Waals surface area (Å²) in [6.07, 6.45) is 1.72. The summed E-state index contributed by atoms with van der Waals surface area (Å²) < 4.78 is 1.96. The minimum absolute atomic E-state index is 0.644. The van der Waals surface area contributed by atoms with Gasteiger partial charge >= 0.3 is 0 Å². The molecule has 15 heavy (non-hydrogen) atoms. The predicted molar refractivity (Wildman–Crippen MR) is 61.6 cm³/mol. The van der Waals surface area contributed by atoms with Crippen molar-refractivity contribution in [3.8, 4) is 0 Å². The number of nitrogen functional groups attached to an aromatic ring is 1. The zero-order chi connectivity index (χ0) is 10.8. The lowest BCUT2D eigenvalue weighted by Crippen LogP contribution is -2.14. The third-order valence-corrected chi connectivity index (χ3v) is 2.33. The van der Waals surface area contributed by atoms with Crippen LogP contribution in [0, 0.1) is 13.8 Å². The molecule has 2 heterocycles. The predicted octanol–water partition coefficient (Wildman–Crippen LogP) is 1.96. The Labute approximate surface area is 88.7 Å². The van der Waals surface area contributed by atoms with Crippen LogP contribution in [-0.4, -0.2) is 9.66 Å². The molecule has 78 valence electrons. The molecule has 0 aromatic carbocycles. The number of nitrogens with two attached hydrogens (primary N) is 1. The third-order valence-electron chi connectivity index (χ3n) is 2.33. The Hall–Kier alpha value is -1.97. The molecule has 2 aromatic rings. The van der Waals surface area contributed by atoms with E-state index in [1.54, 1.807) is 6.20 Å². The van der Waals surface area contributed by atoms with Gasteiger partial charge in [0, 0.05) is 17.6 Å². The first kappa shape index (κ1) is 9.58. The molecule has 0 aliphatic carbocycles. The van der Waals surface area contributed by atoms with Gasteiger partial charge in [0.2, 0.25) is 0 Å². The van der Waals surface area contributed by atoms with E-state index >= 15 is 0 Å². The molecule has 2 rings (SSSR count). The van der Waals surface area contributed by atoms with Gasteiger partial charge in [-0.1, -0.05) is 0 Å². The van der Waals surface area contributed by atoms with Crippen LogP contribution in [0.3, 0.4) is 0 Å². The van der Waals surface area contributed by atoms with Gasteiger partial charge in [0.15, 0.2) is 5.82 Å². The van der Waals surface area contributed by atoms with Crippen LogP contribution >= 0.6 is 0 Å². The monoisotopic (exact) mass is 202 g/mol. The number of hydrogen-bond acceptors (Lipinski definition) is 3. The summed E-state index contributed by atoms with van der Waals surface area (Å²) in [4.78, 5) is 4.18. The molecule has 0 aliphatic heterocycles. The maximum atomic E-state index is 5.80. The maximum absolute atomic E-state index is 5.80. The summed E-state index contributed by atoms with van der Waals surface area (Å²) in [7, 11) is 0. The Morgan fingerprint density at radius 3 is 2.47 bits per heavy atom. The fourth-order valence-electron chi connectivity index (χ4n) is 1.46. The van der Waals surface area contributed by atoms with Gasteiger partial charge in [-0.3, -0.25) is 10.1 Å². The maximum Gasteiger partial charge on any atom is 0.168 e. The first-order chi connectivity index (χ1) is 7.18. The molecule has 4 nitrogen and oxygen atoms in total. The summed E-state index contributed by atoms with van der Waals surface area (Å²) in [5.74, 6) is 0.680. The molecule has 2 aromatic heterocycles. The number of nitrogens with zero attached hydrogens (tertiary/aromatic N) is 2. The van der Waals surface area contributed by atoms with Gasteiger partial charge in [-0.25, -0.2) is 4.98 Å². The quantitative estimate of drug-likeness (QED) is 0.782. The van der Waals surface area contributed by atoms with E-state index in [2.05, 4.69) is 10.4 Å². The lowest BCUT2D eigenvalue weighted by molar-refractivity contribution is 0.872. The molecule has 0 unspecified atom stereocenters. The van der Waals surface area contributed by atoms with Crippen LogP contribution in [0.1, 0.15) is 11.4 Å². The van der Waals surface area contributed by atoms with Crippen molar-refractivity contribution in [2.45, 2.75) is 13.8 Å². The smallest absolute Gasteiger partial charge is 0.168 e. The summed E-state index contributed by atoms with van der Waals surface area (Å²) >= 11 is 0. The Bertz CT molecular complexity index is 454. The summed E-state index contributed by atoms with van der Waals surface area (Å²) in [5, 5.41) is 0.